The van der Waals surface area contributed by atoms with Gasteiger partial charge in [-0.3, -0.25) is 0 Å². The molecule has 1 aromatic carbocycles. The van der Waals surface area contributed by atoms with Gasteiger partial charge in [-0.25, -0.2) is 4.39 Å². The second-order valence-electron chi connectivity index (χ2n) is 4.35. The molecule has 2 N–H and O–H groups in total. The molecule has 0 spiro atoms. The van der Waals surface area contributed by atoms with Crippen molar-refractivity contribution >= 4 is 15.9 Å². The molecule has 3 heteroatoms. The van der Waals surface area contributed by atoms with Crippen molar-refractivity contribution in [3.05, 3.63) is 33.5 Å². The van der Waals surface area contributed by atoms with Gasteiger partial charge in [-0.15, -0.1) is 0 Å². The molecule has 1 nitrogen and oxygen atoms in total. The van der Waals surface area contributed by atoms with Gasteiger partial charge in [0.05, 0.1) is 0 Å². The maximum absolute atomic E-state index is 13.3. The zero-order valence-corrected chi connectivity index (χ0v) is 10.3. The number of hydrogen-bond donors (Lipinski definition) is 1. The van der Waals surface area contributed by atoms with E-state index >= 15 is 0 Å². The van der Waals surface area contributed by atoms with Gasteiger partial charge in [0, 0.05) is 10.0 Å². The van der Waals surface area contributed by atoms with Gasteiger partial charge < -0.3 is 5.73 Å². The van der Waals surface area contributed by atoms with Gasteiger partial charge in [-0.1, -0.05) is 15.9 Å². The lowest BCUT2D eigenvalue weighted by Gasteiger charge is -2.18. The van der Waals surface area contributed by atoms with Crippen LogP contribution in [0.4, 0.5) is 4.39 Å². The third kappa shape index (κ3) is 3.07. The highest BCUT2D eigenvalue weighted by atomic mass is 79.9. The highest BCUT2D eigenvalue weighted by molar-refractivity contribution is 9.10. The standard InChI is InChI=1S/C11H15BrFN/c1-7-9(12)4-8(5-10(7)13)6-11(2,3)14/h4-5H,6,14H2,1-3H3. The summed E-state index contributed by atoms with van der Waals surface area (Å²) in [5.41, 5.74) is 7.13. The lowest BCUT2D eigenvalue weighted by molar-refractivity contribution is 0.513. The van der Waals surface area contributed by atoms with Crippen LogP contribution >= 0.6 is 15.9 Å². The second-order valence-corrected chi connectivity index (χ2v) is 5.20. The van der Waals surface area contributed by atoms with E-state index < -0.39 is 0 Å². The summed E-state index contributed by atoms with van der Waals surface area (Å²) in [6.07, 6.45) is 0.669. The molecule has 0 bridgehead atoms. The molecule has 0 amide bonds. The van der Waals surface area contributed by atoms with Crippen molar-refractivity contribution < 1.29 is 4.39 Å². The molecule has 14 heavy (non-hydrogen) atoms. The van der Waals surface area contributed by atoms with E-state index in [4.69, 9.17) is 5.73 Å². The van der Waals surface area contributed by atoms with E-state index in [9.17, 15) is 4.39 Å². The average molecular weight is 260 g/mol. The molecule has 0 radical (unpaired) electrons. The van der Waals surface area contributed by atoms with Crippen LogP contribution in [-0.2, 0) is 6.42 Å². The van der Waals surface area contributed by atoms with Crippen molar-refractivity contribution in [2.75, 3.05) is 0 Å². The summed E-state index contributed by atoms with van der Waals surface area (Å²) in [4.78, 5) is 0. The van der Waals surface area contributed by atoms with Gasteiger partial charge in [-0.05, 0) is 50.5 Å². The Morgan fingerprint density at radius 1 is 1.43 bits per heavy atom. The fraction of sp³-hybridized carbons (Fsp3) is 0.455. The Morgan fingerprint density at radius 3 is 2.43 bits per heavy atom. The van der Waals surface area contributed by atoms with Crippen LogP contribution in [0.2, 0.25) is 0 Å². The van der Waals surface area contributed by atoms with Crippen LogP contribution in [0.1, 0.15) is 25.0 Å². The van der Waals surface area contributed by atoms with E-state index in [-0.39, 0.29) is 11.4 Å². The molecule has 0 atom stereocenters. The van der Waals surface area contributed by atoms with E-state index in [0.29, 0.717) is 12.0 Å². The van der Waals surface area contributed by atoms with Crippen molar-refractivity contribution in [2.45, 2.75) is 32.7 Å². The molecule has 78 valence electrons. The van der Waals surface area contributed by atoms with Gasteiger partial charge in [0.1, 0.15) is 5.82 Å². The summed E-state index contributed by atoms with van der Waals surface area (Å²) < 4.78 is 14.1. The van der Waals surface area contributed by atoms with Gasteiger partial charge in [0.25, 0.3) is 0 Å². The van der Waals surface area contributed by atoms with Crippen molar-refractivity contribution in [1.29, 1.82) is 0 Å². The molecular weight excluding hydrogens is 245 g/mol. The zero-order chi connectivity index (χ0) is 10.9. The van der Waals surface area contributed by atoms with E-state index in [1.165, 1.54) is 0 Å². The third-order valence-corrected chi connectivity index (χ3v) is 2.82. The molecule has 0 saturated carbocycles. The van der Waals surface area contributed by atoms with Crippen LogP contribution in [0, 0.1) is 12.7 Å². The lowest BCUT2D eigenvalue weighted by Crippen LogP contribution is -2.34. The normalized spacial score (nSPS) is 11.9. The van der Waals surface area contributed by atoms with Gasteiger partial charge in [0.15, 0.2) is 0 Å². The monoisotopic (exact) mass is 259 g/mol. The molecule has 0 aliphatic carbocycles. The summed E-state index contributed by atoms with van der Waals surface area (Å²) in [5.74, 6) is -0.182. The predicted octanol–water partition coefficient (Wildman–Crippen LogP) is 3.18. The Bertz CT molecular complexity index is 319. The van der Waals surface area contributed by atoms with E-state index in [1.54, 1.807) is 13.0 Å². The predicted molar refractivity (Wildman–Crippen MR) is 60.8 cm³/mol. The lowest BCUT2D eigenvalue weighted by atomic mass is 9.95. The molecular formula is C11H15BrFN. The molecule has 0 unspecified atom stereocenters. The van der Waals surface area contributed by atoms with Crippen molar-refractivity contribution in [3.63, 3.8) is 0 Å². The molecule has 0 fully saturated rings. The molecule has 1 aromatic rings. The van der Waals surface area contributed by atoms with Gasteiger partial charge >= 0.3 is 0 Å². The summed E-state index contributed by atoms with van der Waals surface area (Å²) in [5, 5.41) is 0. The zero-order valence-electron chi connectivity index (χ0n) is 8.70. The van der Waals surface area contributed by atoms with Crippen molar-refractivity contribution in [1.82, 2.24) is 0 Å². The molecule has 1 rings (SSSR count). The first kappa shape index (κ1) is 11.7. The van der Waals surface area contributed by atoms with E-state index in [2.05, 4.69) is 15.9 Å². The summed E-state index contributed by atoms with van der Waals surface area (Å²) in [7, 11) is 0. The third-order valence-electron chi connectivity index (χ3n) is 2.00. The van der Waals surface area contributed by atoms with Crippen LogP contribution < -0.4 is 5.73 Å². The maximum atomic E-state index is 13.3. The van der Waals surface area contributed by atoms with Crippen LogP contribution in [0.25, 0.3) is 0 Å². The van der Waals surface area contributed by atoms with Crippen LogP contribution in [0.5, 0.6) is 0 Å². The minimum Gasteiger partial charge on any atom is -0.325 e. The second kappa shape index (κ2) is 3.99. The molecule has 0 aliphatic rings. The number of nitrogens with two attached hydrogens (primary N) is 1. The van der Waals surface area contributed by atoms with Crippen LogP contribution in [0.3, 0.4) is 0 Å². The van der Waals surface area contributed by atoms with Crippen molar-refractivity contribution in [3.8, 4) is 0 Å². The minimum atomic E-state index is -0.304. The van der Waals surface area contributed by atoms with E-state index in [0.717, 1.165) is 10.0 Å². The van der Waals surface area contributed by atoms with E-state index in [1.807, 2.05) is 19.9 Å². The first-order chi connectivity index (χ1) is 6.29. The first-order valence-corrected chi connectivity index (χ1v) is 5.32. The fourth-order valence-electron chi connectivity index (χ4n) is 1.33. The largest absolute Gasteiger partial charge is 0.325 e. The van der Waals surface area contributed by atoms with Crippen LogP contribution in [-0.4, -0.2) is 5.54 Å². The maximum Gasteiger partial charge on any atom is 0.127 e. The molecule has 0 aromatic heterocycles. The topological polar surface area (TPSA) is 26.0 Å². The number of benzene rings is 1. The van der Waals surface area contributed by atoms with Gasteiger partial charge in [0.2, 0.25) is 0 Å². The molecule has 0 heterocycles. The minimum absolute atomic E-state index is 0.182. The highest BCUT2D eigenvalue weighted by Gasteiger charge is 2.13. The highest BCUT2D eigenvalue weighted by Crippen LogP contribution is 2.22. The fourth-order valence-corrected chi connectivity index (χ4v) is 1.81. The Labute approximate surface area is 92.6 Å². The Hall–Kier alpha value is -0.410. The molecule has 0 saturated heterocycles. The Morgan fingerprint density at radius 2 is 2.00 bits per heavy atom. The summed E-state index contributed by atoms with van der Waals surface area (Å²) in [6.45, 7) is 5.61. The van der Waals surface area contributed by atoms with Gasteiger partial charge in [-0.2, -0.15) is 0 Å². The smallest absolute Gasteiger partial charge is 0.127 e. The summed E-state index contributed by atoms with van der Waals surface area (Å²) in [6, 6.07) is 3.47. The van der Waals surface area contributed by atoms with Crippen molar-refractivity contribution in [2.24, 2.45) is 5.73 Å². The SMILES string of the molecule is Cc1c(F)cc(CC(C)(C)N)cc1Br. The molecule has 0 aliphatic heterocycles. The summed E-state index contributed by atoms with van der Waals surface area (Å²) >= 11 is 3.32. The Kier molecular flexibility index (Phi) is 3.32. The van der Waals surface area contributed by atoms with Crippen LogP contribution in [0.15, 0.2) is 16.6 Å². The number of hydrogen-bond acceptors (Lipinski definition) is 1. The quantitative estimate of drug-likeness (QED) is 0.868. The number of halogens is 2. The first-order valence-electron chi connectivity index (χ1n) is 4.53. The Balaban J connectivity index is 3.02. The number of rotatable bonds is 2. The average Bonchev–Trinajstić information content (AvgIpc) is 1.96.